The van der Waals surface area contributed by atoms with Crippen LogP contribution in [0, 0.1) is 0 Å². The molecule has 10 heteroatoms. The molecule has 0 fully saturated rings. The average molecular weight is 339 g/mol. The minimum absolute atomic E-state index is 0.348. The summed E-state index contributed by atoms with van der Waals surface area (Å²) >= 11 is 0. The van der Waals surface area contributed by atoms with Crippen LogP contribution in [0.2, 0.25) is 0 Å². The zero-order valence-electron chi connectivity index (χ0n) is 12.0. The summed E-state index contributed by atoms with van der Waals surface area (Å²) in [4.78, 5) is 36.7. The van der Waals surface area contributed by atoms with Crippen molar-refractivity contribution in [1.29, 1.82) is 0 Å². The maximum absolute atomic E-state index is 13.1. The van der Waals surface area contributed by atoms with E-state index in [4.69, 9.17) is 0 Å². The smallest absolute Gasteiger partial charge is 0.418 e. The molecular weight excluding hydrogens is 331 g/mol. The number of ether oxygens (including phenoxy) is 1. The lowest BCUT2D eigenvalue weighted by atomic mass is 10.1. The van der Waals surface area contributed by atoms with Gasteiger partial charge in [-0.15, -0.1) is 0 Å². The van der Waals surface area contributed by atoms with Crippen LogP contribution in [-0.4, -0.2) is 35.1 Å². The number of rotatable bonds is 2. The lowest BCUT2D eigenvalue weighted by Gasteiger charge is -2.19. The number of hydrogen-bond acceptors (Lipinski definition) is 5. The van der Waals surface area contributed by atoms with Gasteiger partial charge in [-0.2, -0.15) is 18.3 Å². The second kappa shape index (κ2) is 5.18. The molecule has 1 aliphatic rings. The number of anilines is 1. The van der Waals surface area contributed by atoms with Gasteiger partial charge in [0.2, 0.25) is 0 Å². The number of H-pyrrole nitrogens is 1. The third kappa shape index (κ3) is 2.14. The van der Waals surface area contributed by atoms with Gasteiger partial charge in [-0.05, 0) is 12.1 Å². The molecule has 0 spiro atoms. The topological polar surface area (TPSA) is 92.4 Å². The number of carbonyl (C=O) groups excluding carboxylic acids is 3. The van der Waals surface area contributed by atoms with Gasteiger partial charge in [0.05, 0.1) is 18.4 Å². The Bertz CT molecular complexity index is 872. The maximum atomic E-state index is 13.1. The first-order valence-electron chi connectivity index (χ1n) is 6.49. The zero-order valence-corrected chi connectivity index (χ0v) is 12.0. The number of aromatic amines is 1. The van der Waals surface area contributed by atoms with E-state index in [2.05, 4.69) is 14.9 Å². The number of fused-ring (bicyclic) bond motifs is 1. The second-order valence-electron chi connectivity index (χ2n) is 4.77. The monoisotopic (exact) mass is 339 g/mol. The average Bonchev–Trinajstić information content (AvgIpc) is 3.07. The molecule has 0 saturated carbocycles. The standard InChI is InChI=1S/C14H8F3N3O4/c1-24-13(23)10-8-9(18-19-10)12(22)20(11(8)21)7-5-3-2-4-6(7)14(15,16)17/h2-5H,1H3,(H,18,19). The summed E-state index contributed by atoms with van der Waals surface area (Å²) in [7, 11) is 1.05. The summed E-state index contributed by atoms with van der Waals surface area (Å²) in [6, 6.07) is 4.14. The SMILES string of the molecule is COC(=O)c1[nH]nc2c1C(=O)N(c1ccccc1C(F)(F)F)C2=O. The van der Waals surface area contributed by atoms with E-state index in [-0.39, 0.29) is 0 Å². The van der Waals surface area contributed by atoms with E-state index in [0.29, 0.717) is 4.90 Å². The van der Waals surface area contributed by atoms with E-state index in [9.17, 15) is 27.6 Å². The van der Waals surface area contributed by atoms with Gasteiger partial charge >= 0.3 is 12.1 Å². The molecule has 1 aliphatic heterocycles. The van der Waals surface area contributed by atoms with Crippen LogP contribution < -0.4 is 4.90 Å². The van der Waals surface area contributed by atoms with Crippen LogP contribution in [0.5, 0.6) is 0 Å². The third-order valence-electron chi connectivity index (χ3n) is 3.43. The minimum atomic E-state index is -4.77. The third-order valence-corrected chi connectivity index (χ3v) is 3.43. The molecule has 2 aromatic rings. The maximum Gasteiger partial charge on any atom is 0.418 e. The van der Waals surface area contributed by atoms with Gasteiger partial charge in [-0.1, -0.05) is 12.1 Å². The number of aromatic nitrogens is 2. The van der Waals surface area contributed by atoms with Crippen molar-refractivity contribution in [2.24, 2.45) is 0 Å². The van der Waals surface area contributed by atoms with Crippen LogP contribution in [0.25, 0.3) is 0 Å². The van der Waals surface area contributed by atoms with Crippen molar-refractivity contribution in [2.75, 3.05) is 12.0 Å². The molecule has 124 valence electrons. The molecule has 0 aliphatic carbocycles. The summed E-state index contributed by atoms with van der Waals surface area (Å²) < 4.78 is 43.8. The number of nitrogens with one attached hydrogen (secondary N) is 1. The molecule has 7 nitrogen and oxygen atoms in total. The molecule has 0 saturated heterocycles. The Morgan fingerprint density at radius 1 is 1.21 bits per heavy atom. The molecule has 0 radical (unpaired) electrons. The number of benzene rings is 1. The highest BCUT2D eigenvalue weighted by Gasteiger charge is 2.46. The summed E-state index contributed by atoms with van der Waals surface area (Å²) in [5.74, 6) is -3.10. The first-order valence-corrected chi connectivity index (χ1v) is 6.49. The quantitative estimate of drug-likeness (QED) is 0.667. The van der Waals surface area contributed by atoms with Gasteiger partial charge in [0.1, 0.15) is 5.56 Å². The van der Waals surface area contributed by atoms with Crippen molar-refractivity contribution in [3.63, 3.8) is 0 Å². The first kappa shape index (κ1) is 15.7. The Labute approximate surface area is 132 Å². The zero-order chi connectivity index (χ0) is 17.6. The number of imide groups is 1. The Morgan fingerprint density at radius 3 is 2.50 bits per heavy atom. The number of alkyl halides is 3. The molecular formula is C14H8F3N3O4. The van der Waals surface area contributed by atoms with Crippen LogP contribution in [0.3, 0.4) is 0 Å². The van der Waals surface area contributed by atoms with Crippen molar-refractivity contribution in [3.8, 4) is 0 Å². The van der Waals surface area contributed by atoms with Crippen LogP contribution in [0.4, 0.5) is 18.9 Å². The number of amides is 2. The lowest BCUT2D eigenvalue weighted by Crippen LogP contribution is -2.32. The van der Waals surface area contributed by atoms with Crippen LogP contribution in [0.15, 0.2) is 24.3 Å². The van der Waals surface area contributed by atoms with Crippen LogP contribution in [0.1, 0.15) is 36.9 Å². The summed E-state index contributed by atoms with van der Waals surface area (Å²) in [5.41, 5.74) is -3.02. The van der Waals surface area contributed by atoms with Crippen molar-refractivity contribution < 1.29 is 32.3 Å². The number of esters is 1. The van der Waals surface area contributed by atoms with Gasteiger partial charge in [0.25, 0.3) is 11.8 Å². The normalized spacial score (nSPS) is 14.1. The van der Waals surface area contributed by atoms with E-state index in [0.717, 1.165) is 25.3 Å². The number of nitrogens with zero attached hydrogens (tertiary/aromatic N) is 2. The summed E-state index contributed by atoms with van der Waals surface area (Å²) in [6.45, 7) is 0. The van der Waals surface area contributed by atoms with Crippen LogP contribution in [-0.2, 0) is 10.9 Å². The fraction of sp³-hybridized carbons (Fsp3) is 0.143. The van der Waals surface area contributed by atoms with Gasteiger partial charge in [0.15, 0.2) is 11.4 Å². The molecule has 2 heterocycles. The Morgan fingerprint density at radius 2 is 1.88 bits per heavy atom. The van der Waals surface area contributed by atoms with Crippen LogP contribution >= 0.6 is 0 Å². The number of carbonyl (C=O) groups is 3. The van der Waals surface area contributed by atoms with E-state index >= 15 is 0 Å². The molecule has 0 bridgehead atoms. The van der Waals surface area contributed by atoms with E-state index in [1.165, 1.54) is 6.07 Å². The molecule has 0 unspecified atom stereocenters. The van der Waals surface area contributed by atoms with Crippen molar-refractivity contribution >= 4 is 23.5 Å². The van der Waals surface area contributed by atoms with Gasteiger partial charge < -0.3 is 4.74 Å². The van der Waals surface area contributed by atoms with E-state index < -0.39 is 52.2 Å². The number of methoxy groups -OCH3 is 1. The highest BCUT2D eigenvalue weighted by atomic mass is 19.4. The highest BCUT2D eigenvalue weighted by Crippen LogP contribution is 2.39. The van der Waals surface area contributed by atoms with Gasteiger partial charge in [0, 0.05) is 0 Å². The first-order chi connectivity index (χ1) is 11.3. The number of para-hydroxylation sites is 1. The second-order valence-corrected chi connectivity index (χ2v) is 4.77. The number of halogens is 3. The Kier molecular flexibility index (Phi) is 3.39. The van der Waals surface area contributed by atoms with Crippen molar-refractivity contribution in [3.05, 3.63) is 46.8 Å². The minimum Gasteiger partial charge on any atom is -0.464 e. The molecule has 1 N–H and O–H groups in total. The van der Waals surface area contributed by atoms with Gasteiger partial charge in [-0.3, -0.25) is 14.7 Å². The van der Waals surface area contributed by atoms with Crippen molar-refractivity contribution in [1.82, 2.24) is 10.2 Å². The molecule has 24 heavy (non-hydrogen) atoms. The molecule has 2 amide bonds. The fourth-order valence-corrected chi connectivity index (χ4v) is 2.39. The lowest BCUT2D eigenvalue weighted by molar-refractivity contribution is -0.137. The van der Waals surface area contributed by atoms with E-state index in [1.807, 2.05) is 0 Å². The molecule has 0 atom stereocenters. The summed E-state index contributed by atoms with van der Waals surface area (Å²) in [6.07, 6.45) is -4.77. The Balaban J connectivity index is 2.14. The summed E-state index contributed by atoms with van der Waals surface area (Å²) in [5, 5.41) is 5.74. The van der Waals surface area contributed by atoms with Crippen molar-refractivity contribution in [2.45, 2.75) is 6.18 Å². The largest absolute Gasteiger partial charge is 0.464 e. The predicted octanol–water partition coefficient (Wildman–Crippen LogP) is 2.02. The Hall–Kier alpha value is -3.17. The molecule has 3 rings (SSSR count). The predicted molar refractivity (Wildman–Crippen MR) is 72.5 cm³/mol. The number of hydrogen-bond donors (Lipinski definition) is 1. The molecule has 1 aromatic heterocycles. The molecule has 1 aromatic carbocycles. The fourth-order valence-electron chi connectivity index (χ4n) is 2.39. The van der Waals surface area contributed by atoms with E-state index in [1.54, 1.807) is 0 Å². The highest BCUT2D eigenvalue weighted by molar-refractivity contribution is 6.35. The van der Waals surface area contributed by atoms with Gasteiger partial charge in [-0.25, -0.2) is 9.69 Å².